The molecule has 1 heterocycles. The first kappa shape index (κ1) is 18.4. The van der Waals surface area contributed by atoms with Crippen molar-refractivity contribution in [3.8, 4) is 28.9 Å². The highest BCUT2D eigenvalue weighted by Crippen LogP contribution is 2.32. The number of imidazole rings is 1. The predicted molar refractivity (Wildman–Crippen MR) is 92.2 cm³/mol. The van der Waals surface area contributed by atoms with Crippen LogP contribution in [0.25, 0.3) is 17.1 Å². The van der Waals surface area contributed by atoms with Crippen molar-refractivity contribution in [1.82, 2.24) is 9.55 Å². The Morgan fingerprint density at radius 3 is 2.56 bits per heavy atom. The van der Waals surface area contributed by atoms with E-state index in [4.69, 9.17) is 21.6 Å². The number of aromatic nitrogens is 2. The standard InChI is InChI=1S/C18H10ClF2N3O3/c1-27-14-5-4-11(7-13(14)21)24-16(19)15(18(25)26)23-17(24)9-2-3-10(8-22)12(20)6-9/h2-7H,1H3,(H,25,26). The summed E-state index contributed by atoms with van der Waals surface area (Å²) >= 11 is 6.15. The van der Waals surface area contributed by atoms with Gasteiger partial charge in [-0.2, -0.15) is 5.26 Å². The maximum Gasteiger partial charge on any atom is 0.357 e. The van der Waals surface area contributed by atoms with E-state index < -0.39 is 23.3 Å². The van der Waals surface area contributed by atoms with E-state index in [-0.39, 0.29) is 33.5 Å². The number of ether oxygens (including phenoxy) is 1. The zero-order valence-electron chi connectivity index (χ0n) is 13.7. The normalized spacial score (nSPS) is 10.5. The average Bonchev–Trinajstić information content (AvgIpc) is 2.99. The van der Waals surface area contributed by atoms with Crippen LogP contribution in [-0.4, -0.2) is 27.7 Å². The Morgan fingerprint density at radius 1 is 1.26 bits per heavy atom. The lowest BCUT2D eigenvalue weighted by Crippen LogP contribution is -2.01. The number of nitriles is 1. The SMILES string of the molecule is COc1ccc(-n2c(-c3ccc(C#N)c(F)c3)nc(C(=O)O)c2Cl)cc1F. The van der Waals surface area contributed by atoms with Gasteiger partial charge in [0.1, 0.15) is 22.9 Å². The number of aromatic carboxylic acids is 1. The molecule has 136 valence electrons. The van der Waals surface area contributed by atoms with Crippen molar-refractivity contribution in [2.24, 2.45) is 0 Å². The van der Waals surface area contributed by atoms with Gasteiger partial charge >= 0.3 is 5.97 Å². The number of carboxylic acids is 1. The van der Waals surface area contributed by atoms with Crippen molar-refractivity contribution in [2.45, 2.75) is 0 Å². The quantitative estimate of drug-likeness (QED) is 0.727. The van der Waals surface area contributed by atoms with Gasteiger partial charge in [-0.05, 0) is 30.3 Å². The van der Waals surface area contributed by atoms with Gasteiger partial charge in [0.15, 0.2) is 17.3 Å². The number of carboxylic acid groups (broad SMARTS) is 1. The Hall–Kier alpha value is -3.44. The molecule has 0 unspecified atom stereocenters. The van der Waals surface area contributed by atoms with Gasteiger partial charge in [0.2, 0.25) is 0 Å². The fourth-order valence-electron chi connectivity index (χ4n) is 2.51. The van der Waals surface area contributed by atoms with Crippen LogP contribution in [0.1, 0.15) is 16.1 Å². The summed E-state index contributed by atoms with van der Waals surface area (Å²) in [6.45, 7) is 0. The topological polar surface area (TPSA) is 88.1 Å². The van der Waals surface area contributed by atoms with Crippen molar-refractivity contribution in [3.63, 3.8) is 0 Å². The van der Waals surface area contributed by atoms with Crippen LogP contribution in [0.2, 0.25) is 5.15 Å². The van der Waals surface area contributed by atoms with Crippen LogP contribution in [-0.2, 0) is 0 Å². The highest BCUT2D eigenvalue weighted by atomic mass is 35.5. The molecule has 0 saturated heterocycles. The molecule has 0 aliphatic heterocycles. The number of carbonyl (C=O) groups is 1. The lowest BCUT2D eigenvalue weighted by molar-refractivity contribution is 0.0691. The maximum absolute atomic E-state index is 14.1. The van der Waals surface area contributed by atoms with E-state index in [2.05, 4.69) is 4.98 Å². The third kappa shape index (κ3) is 3.20. The van der Waals surface area contributed by atoms with E-state index in [0.717, 1.165) is 12.1 Å². The fourth-order valence-corrected chi connectivity index (χ4v) is 2.81. The van der Waals surface area contributed by atoms with Crippen LogP contribution >= 0.6 is 11.6 Å². The van der Waals surface area contributed by atoms with E-state index in [0.29, 0.717) is 0 Å². The number of hydrogen-bond acceptors (Lipinski definition) is 4. The lowest BCUT2D eigenvalue weighted by atomic mass is 10.1. The monoisotopic (exact) mass is 389 g/mol. The fraction of sp³-hybridized carbons (Fsp3) is 0.0556. The largest absolute Gasteiger partial charge is 0.494 e. The van der Waals surface area contributed by atoms with Gasteiger partial charge in [-0.1, -0.05) is 11.6 Å². The van der Waals surface area contributed by atoms with Gasteiger partial charge in [0.25, 0.3) is 0 Å². The molecule has 0 atom stereocenters. The number of rotatable bonds is 4. The molecule has 3 rings (SSSR count). The molecule has 0 aliphatic carbocycles. The average molecular weight is 390 g/mol. The second-order valence-corrected chi connectivity index (χ2v) is 5.70. The summed E-state index contributed by atoms with van der Waals surface area (Å²) in [5, 5.41) is 17.9. The summed E-state index contributed by atoms with van der Waals surface area (Å²) in [6.07, 6.45) is 0. The summed E-state index contributed by atoms with van der Waals surface area (Å²) in [7, 11) is 1.30. The highest BCUT2D eigenvalue weighted by molar-refractivity contribution is 6.32. The summed E-state index contributed by atoms with van der Waals surface area (Å²) in [6, 6.07) is 9.21. The molecular weight excluding hydrogens is 380 g/mol. The van der Waals surface area contributed by atoms with Crippen molar-refractivity contribution < 1.29 is 23.4 Å². The second kappa shape index (κ2) is 7.05. The molecule has 1 N–H and O–H groups in total. The van der Waals surface area contributed by atoms with Gasteiger partial charge in [-0.25, -0.2) is 18.6 Å². The Labute approximate surface area is 156 Å². The Kier molecular flexibility index (Phi) is 4.79. The Morgan fingerprint density at radius 2 is 2.00 bits per heavy atom. The minimum absolute atomic E-state index is 0.0144. The molecule has 0 amide bonds. The van der Waals surface area contributed by atoms with Gasteiger partial charge in [-0.15, -0.1) is 0 Å². The molecule has 3 aromatic rings. The zero-order valence-corrected chi connectivity index (χ0v) is 14.5. The van der Waals surface area contributed by atoms with E-state index in [1.807, 2.05) is 0 Å². The van der Waals surface area contributed by atoms with E-state index in [1.165, 1.54) is 35.9 Å². The van der Waals surface area contributed by atoms with Crippen molar-refractivity contribution in [3.05, 3.63) is 64.4 Å². The Balaban J connectivity index is 2.27. The van der Waals surface area contributed by atoms with Gasteiger partial charge in [0, 0.05) is 11.6 Å². The van der Waals surface area contributed by atoms with Crippen LogP contribution < -0.4 is 4.74 Å². The maximum atomic E-state index is 14.1. The smallest absolute Gasteiger partial charge is 0.357 e. The number of hydrogen-bond donors (Lipinski definition) is 1. The molecule has 1 aromatic heterocycles. The first-order valence-corrected chi connectivity index (χ1v) is 7.80. The molecule has 0 spiro atoms. The predicted octanol–water partition coefficient (Wildman–Crippen LogP) is 4.05. The molecule has 0 radical (unpaired) electrons. The zero-order chi connectivity index (χ0) is 19.7. The van der Waals surface area contributed by atoms with Crippen LogP contribution in [0.5, 0.6) is 5.75 Å². The summed E-state index contributed by atoms with van der Waals surface area (Å²) in [4.78, 5) is 15.4. The molecule has 2 aromatic carbocycles. The number of halogens is 3. The number of methoxy groups -OCH3 is 1. The van der Waals surface area contributed by atoms with Crippen LogP contribution in [0.4, 0.5) is 8.78 Å². The first-order chi connectivity index (χ1) is 12.9. The third-order valence-electron chi connectivity index (χ3n) is 3.77. The molecule has 9 heteroatoms. The molecule has 0 saturated carbocycles. The van der Waals surface area contributed by atoms with E-state index >= 15 is 0 Å². The van der Waals surface area contributed by atoms with Crippen molar-refractivity contribution in [2.75, 3.05) is 7.11 Å². The third-order valence-corrected chi connectivity index (χ3v) is 4.11. The molecule has 0 fully saturated rings. The molecule has 0 bridgehead atoms. The lowest BCUT2D eigenvalue weighted by Gasteiger charge is -2.11. The minimum Gasteiger partial charge on any atom is -0.494 e. The summed E-state index contributed by atoms with van der Waals surface area (Å²) in [5.41, 5.74) is -0.334. The van der Waals surface area contributed by atoms with Crippen LogP contribution in [0.15, 0.2) is 36.4 Å². The minimum atomic E-state index is -1.40. The molecular formula is C18H10ClF2N3O3. The summed E-state index contributed by atoms with van der Waals surface area (Å²) in [5.74, 6) is -2.94. The van der Waals surface area contributed by atoms with Crippen molar-refractivity contribution >= 4 is 17.6 Å². The van der Waals surface area contributed by atoms with Gasteiger partial charge < -0.3 is 9.84 Å². The number of nitrogens with zero attached hydrogens (tertiary/aromatic N) is 3. The van der Waals surface area contributed by atoms with E-state index in [1.54, 1.807) is 6.07 Å². The van der Waals surface area contributed by atoms with Gasteiger partial charge in [-0.3, -0.25) is 4.57 Å². The molecule has 0 aliphatic rings. The second-order valence-electron chi connectivity index (χ2n) is 5.34. The number of benzene rings is 2. The molecule has 6 nitrogen and oxygen atoms in total. The van der Waals surface area contributed by atoms with Crippen molar-refractivity contribution in [1.29, 1.82) is 5.26 Å². The Bertz CT molecular complexity index is 1110. The van der Waals surface area contributed by atoms with Gasteiger partial charge in [0.05, 0.1) is 18.4 Å². The summed E-state index contributed by atoms with van der Waals surface area (Å²) < 4.78 is 34.2. The highest BCUT2D eigenvalue weighted by Gasteiger charge is 2.24. The first-order valence-electron chi connectivity index (χ1n) is 7.42. The van der Waals surface area contributed by atoms with Crippen LogP contribution in [0.3, 0.4) is 0 Å². The van der Waals surface area contributed by atoms with Crippen LogP contribution in [0, 0.1) is 23.0 Å². The van der Waals surface area contributed by atoms with E-state index in [9.17, 15) is 18.7 Å². The molecule has 27 heavy (non-hydrogen) atoms.